The second-order valence-electron chi connectivity index (χ2n) is 8.25. The molecule has 2 N–H and O–H groups in total. The summed E-state index contributed by atoms with van der Waals surface area (Å²) < 4.78 is 6.29. The minimum atomic E-state index is -0.262. The van der Waals surface area contributed by atoms with Crippen LogP contribution in [0.4, 0.5) is 0 Å². The number of pyridine rings is 2. The molecule has 6 nitrogen and oxygen atoms in total. The van der Waals surface area contributed by atoms with Gasteiger partial charge in [0.1, 0.15) is 11.9 Å². The average molecular weight is 449 g/mol. The fraction of sp³-hybridized carbons (Fsp3) is 0.179. The zero-order valence-corrected chi connectivity index (χ0v) is 18.6. The molecular formula is C28H24N4O2. The van der Waals surface area contributed by atoms with Crippen LogP contribution < -0.4 is 15.6 Å². The van der Waals surface area contributed by atoms with Crippen LogP contribution >= 0.6 is 0 Å². The lowest BCUT2D eigenvalue weighted by molar-refractivity contribution is 0.162. The SMILES string of the molecule is N#Cc1ccccc1-c1c(-c2cccc(OC3CCNCC3)c2)c(-c2ccccn2)c[nH]c1=O. The van der Waals surface area contributed by atoms with Gasteiger partial charge >= 0.3 is 0 Å². The molecule has 0 amide bonds. The number of nitrogens with one attached hydrogen (secondary N) is 2. The van der Waals surface area contributed by atoms with E-state index in [1.165, 1.54) is 0 Å². The summed E-state index contributed by atoms with van der Waals surface area (Å²) in [5.74, 6) is 0.760. The van der Waals surface area contributed by atoms with Crippen LogP contribution in [0.25, 0.3) is 33.5 Å². The maximum atomic E-state index is 13.2. The van der Waals surface area contributed by atoms with E-state index in [2.05, 4.69) is 21.4 Å². The van der Waals surface area contributed by atoms with Crippen molar-refractivity contribution >= 4 is 0 Å². The molecule has 1 aliphatic rings. The zero-order chi connectivity index (χ0) is 23.3. The molecule has 1 fully saturated rings. The molecule has 1 aliphatic heterocycles. The van der Waals surface area contributed by atoms with Gasteiger partial charge in [-0.1, -0.05) is 36.4 Å². The van der Waals surface area contributed by atoms with Crippen LogP contribution in [0.5, 0.6) is 5.75 Å². The first-order chi connectivity index (χ1) is 16.7. The highest BCUT2D eigenvalue weighted by Gasteiger charge is 2.21. The summed E-state index contributed by atoms with van der Waals surface area (Å²) in [7, 11) is 0. The summed E-state index contributed by atoms with van der Waals surface area (Å²) >= 11 is 0. The van der Waals surface area contributed by atoms with Gasteiger partial charge in [-0.25, -0.2) is 0 Å². The molecule has 4 aromatic rings. The lowest BCUT2D eigenvalue weighted by atomic mass is 9.89. The van der Waals surface area contributed by atoms with E-state index in [1.807, 2.05) is 54.6 Å². The molecule has 0 atom stereocenters. The van der Waals surface area contributed by atoms with Crippen LogP contribution in [0.2, 0.25) is 0 Å². The molecule has 0 bridgehead atoms. The minimum absolute atomic E-state index is 0.157. The van der Waals surface area contributed by atoms with Crippen molar-refractivity contribution in [1.82, 2.24) is 15.3 Å². The Kier molecular flexibility index (Phi) is 6.19. The molecule has 0 aliphatic carbocycles. The van der Waals surface area contributed by atoms with Crippen molar-refractivity contribution in [2.75, 3.05) is 13.1 Å². The lowest BCUT2D eigenvalue weighted by Gasteiger charge is -2.24. The third-order valence-electron chi connectivity index (χ3n) is 6.06. The molecule has 2 aromatic carbocycles. The Morgan fingerprint density at radius 1 is 0.941 bits per heavy atom. The number of hydrogen-bond donors (Lipinski definition) is 2. The van der Waals surface area contributed by atoms with Gasteiger partial charge in [0.05, 0.1) is 22.9 Å². The Morgan fingerprint density at radius 3 is 2.56 bits per heavy atom. The molecule has 1 saturated heterocycles. The monoisotopic (exact) mass is 448 g/mol. The summed E-state index contributed by atoms with van der Waals surface area (Å²) in [6, 6.07) is 22.9. The molecule has 0 saturated carbocycles. The highest BCUT2D eigenvalue weighted by molar-refractivity contribution is 5.94. The standard InChI is InChI=1S/C28H24N4O2/c29-17-20-6-1-2-9-23(20)27-26(24(18-32-28(27)33)25-10-3-4-13-31-25)19-7-5-8-22(16-19)34-21-11-14-30-15-12-21/h1-10,13,16,18,21,30H,11-12,14-15H2,(H,32,33). The summed E-state index contributed by atoms with van der Waals surface area (Å²) in [6.45, 7) is 1.88. The fourth-order valence-corrected chi connectivity index (χ4v) is 4.44. The predicted molar refractivity (Wildman–Crippen MR) is 132 cm³/mol. The molecule has 34 heavy (non-hydrogen) atoms. The second-order valence-corrected chi connectivity index (χ2v) is 8.25. The van der Waals surface area contributed by atoms with Crippen molar-refractivity contribution in [3.05, 3.63) is 95.0 Å². The van der Waals surface area contributed by atoms with Gasteiger partial charge in [0.25, 0.3) is 5.56 Å². The topological polar surface area (TPSA) is 90.8 Å². The molecule has 0 spiro atoms. The zero-order valence-electron chi connectivity index (χ0n) is 18.6. The van der Waals surface area contributed by atoms with Crippen LogP contribution in [0.3, 0.4) is 0 Å². The Bertz CT molecular complexity index is 1400. The second kappa shape index (κ2) is 9.74. The van der Waals surface area contributed by atoms with Crippen LogP contribution in [0, 0.1) is 11.3 Å². The van der Waals surface area contributed by atoms with Gasteiger partial charge < -0.3 is 15.0 Å². The fourth-order valence-electron chi connectivity index (χ4n) is 4.44. The van der Waals surface area contributed by atoms with Gasteiger partial charge in [-0.2, -0.15) is 5.26 Å². The molecular weight excluding hydrogens is 424 g/mol. The van der Waals surface area contributed by atoms with Crippen molar-refractivity contribution in [2.24, 2.45) is 0 Å². The Balaban J connectivity index is 1.72. The number of aromatic amines is 1. The molecule has 3 heterocycles. The Hall–Kier alpha value is -4.21. The normalized spacial score (nSPS) is 13.9. The first-order valence-electron chi connectivity index (χ1n) is 11.4. The maximum absolute atomic E-state index is 13.2. The Labute approximate surface area is 197 Å². The van der Waals surface area contributed by atoms with Crippen LogP contribution in [-0.2, 0) is 0 Å². The van der Waals surface area contributed by atoms with Crippen molar-refractivity contribution in [3.63, 3.8) is 0 Å². The molecule has 5 rings (SSSR count). The molecule has 2 aromatic heterocycles. The predicted octanol–water partition coefficient (Wildman–Crippen LogP) is 4.77. The van der Waals surface area contributed by atoms with E-state index in [4.69, 9.17) is 4.74 Å². The number of aromatic nitrogens is 2. The molecule has 6 heteroatoms. The van der Waals surface area contributed by atoms with Crippen LogP contribution in [0.15, 0.2) is 83.9 Å². The molecule has 0 unspecified atom stereocenters. The third-order valence-corrected chi connectivity index (χ3v) is 6.06. The van der Waals surface area contributed by atoms with Crippen molar-refractivity contribution in [3.8, 4) is 45.3 Å². The van der Waals surface area contributed by atoms with Gasteiger partial charge in [0, 0.05) is 29.1 Å². The van der Waals surface area contributed by atoms with E-state index < -0.39 is 0 Å². The number of piperidine rings is 1. The smallest absolute Gasteiger partial charge is 0.256 e. The van der Waals surface area contributed by atoms with Crippen molar-refractivity contribution in [1.29, 1.82) is 5.26 Å². The summed E-state index contributed by atoms with van der Waals surface area (Å²) in [5, 5.41) is 13.1. The largest absolute Gasteiger partial charge is 0.490 e. The van der Waals surface area contributed by atoms with E-state index in [-0.39, 0.29) is 11.7 Å². The van der Waals surface area contributed by atoms with Crippen LogP contribution in [-0.4, -0.2) is 29.2 Å². The van der Waals surface area contributed by atoms with E-state index >= 15 is 0 Å². The number of H-pyrrole nitrogens is 1. The maximum Gasteiger partial charge on any atom is 0.256 e. The van der Waals surface area contributed by atoms with Crippen molar-refractivity contribution in [2.45, 2.75) is 18.9 Å². The van der Waals surface area contributed by atoms with Gasteiger partial charge in [-0.05, 0) is 61.8 Å². The number of rotatable bonds is 5. The number of hydrogen-bond acceptors (Lipinski definition) is 5. The van der Waals surface area contributed by atoms with Crippen molar-refractivity contribution < 1.29 is 4.74 Å². The van der Waals surface area contributed by atoms with Crippen LogP contribution in [0.1, 0.15) is 18.4 Å². The first-order valence-corrected chi connectivity index (χ1v) is 11.4. The quantitative estimate of drug-likeness (QED) is 0.459. The lowest BCUT2D eigenvalue weighted by Crippen LogP contribution is -2.34. The number of nitriles is 1. The van der Waals surface area contributed by atoms with Gasteiger partial charge in [-0.3, -0.25) is 9.78 Å². The summed E-state index contributed by atoms with van der Waals surface area (Å²) in [4.78, 5) is 20.6. The summed E-state index contributed by atoms with van der Waals surface area (Å²) in [5.41, 5.74) is 4.28. The van der Waals surface area contributed by atoms with E-state index in [1.54, 1.807) is 24.5 Å². The molecule has 0 radical (unpaired) electrons. The van der Waals surface area contributed by atoms with E-state index in [0.29, 0.717) is 16.7 Å². The third kappa shape index (κ3) is 4.34. The Morgan fingerprint density at radius 2 is 1.76 bits per heavy atom. The number of nitrogens with zero attached hydrogens (tertiary/aromatic N) is 2. The minimum Gasteiger partial charge on any atom is -0.490 e. The van der Waals surface area contributed by atoms with Gasteiger partial charge in [-0.15, -0.1) is 0 Å². The van der Waals surface area contributed by atoms with E-state index in [9.17, 15) is 10.1 Å². The first kappa shape index (κ1) is 21.6. The number of ether oxygens (including phenoxy) is 1. The number of benzene rings is 2. The molecule has 168 valence electrons. The van der Waals surface area contributed by atoms with E-state index in [0.717, 1.165) is 54.1 Å². The highest BCUT2D eigenvalue weighted by atomic mass is 16.5. The van der Waals surface area contributed by atoms with Gasteiger partial charge in [0.2, 0.25) is 0 Å². The van der Waals surface area contributed by atoms with Gasteiger partial charge in [0.15, 0.2) is 0 Å². The average Bonchev–Trinajstić information content (AvgIpc) is 2.90. The highest BCUT2D eigenvalue weighted by Crippen LogP contribution is 2.39. The summed E-state index contributed by atoms with van der Waals surface area (Å²) in [6.07, 6.45) is 5.48.